The normalized spacial score (nSPS) is 10.9. The molecule has 0 fully saturated rings. The van der Waals surface area contributed by atoms with E-state index in [9.17, 15) is 9.59 Å². The number of carbonyl (C=O) groups excluding carboxylic acids is 2. The zero-order valence-electron chi connectivity index (χ0n) is 10.5. The van der Waals surface area contributed by atoms with Crippen LogP contribution in [0.1, 0.15) is 20.8 Å². The Morgan fingerprint density at radius 1 is 1.28 bits per heavy atom. The van der Waals surface area contributed by atoms with Crippen LogP contribution in [-0.2, 0) is 14.3 Å². The van der Waals surface area contributed by atoms with E-state index in [1.807, 2.05) is 0 Å². The summed E-state index contributed by atoms with van der Waals surface area (Å²) in [6, 6.07) is 6.41. The largest absolute Gasteiger partial charge is 0.465 e. The lowest BCUT2D eigenvalue weighted by atomic mass is 9.94. The second-order valence-corrected chi connectivity index (χ2v) is 4.63. The summed E-state index contributed by atoms with van der Waals surface area (Å²) in [6.45, 7) is 4.80. The zero-order valence-corrected chi connectivity index (χ0v) is 11.3. The van der Waals surface area contributed by atoms with E-state index in [2.05, 4.69) is 0 Å². The van der Waals surface area contributed by atoms with Crippen molar-refractivity contribution in [2.45, 2.75) is 20.8 Å². The van der Waals surface area contributed by atoms with Crippen LogP contribution < -0.4 is 4.74 Å². The van der Waals surface area contributed by atoms with Gasteiger partial charge in [0.15, 0.2) is 5.41 Å². The zero-order chi connectivity index (χ0) is 13.8. The number of halogens is 1. The molecule has 5 heteroatoms. The lowest BCUT2D eigenvalue weighted by Crippen LogP contribution is -2.38. The maximum atomic E-state index is 11.9. The van der Waals surface area contributed by atoms with E-state index in [4.69, 9.17) is 21.1 Å². The Bertz CT molecular complexity index is 454. The molecule has 4 nitrogen and oxygen atoms in total. The maximum absolute atomic E-state index is 11.9. The van der Waals surface area contributed by atoms with Gasteiger partial charge in [0.2, 0.25) is 0 Å². The van der Waals surface area contributed by atoms with Crippen LogP contribution in [0.4, 0.5) is 0 Å². The van der Waals surface area contributed by atoms with Crippen molar-refractivity contribution in [3.8, 4) is 5.75 Å². The molecule has 1 rings (SSSR count). The van der Waals surface area contributed by atoms with Crippen LogP contribution in [0.15, 0.2) is 24.3 Å². The van der Waals surface area contributed by atoms with Gasteiger partial charge in [-0.25, -0.2) is 0 Å². The Hall–Kier alpha value is -1.55. The summed E-state index contributed by atoms with van der Waals surface area (Å²) in [7, 11) is 0. The number of rotatable bonds is 4. The molecule has 0 spiro atoms. The Balaban J connectivity index is 2.79. The number of carbonyl (C=O) groups is 2. The summed E-state index contributed by atoms with van der Waals surface area (Å²) >= 11 is 5.77. The molecule has 0 saturated heterocycles. The molecule has 0 unspecified atom stereocenters. The molecule has 0 heterocycles. The highest BCUT2D eigenvalue weighted by Gasteiger charge is 2.39. The molecule has 0 aromatic heterocycles. The van der Waals surface area contributed by atoms with E-state index in [0.29, 0.717) is 10.8 Å². The highest BCUT2D eigenvalue weighted by atomic mass is 35.5. The first-order valence-corrected chi connectivity index (χ1v) is 5.90. The van der Waals surface area contributed by atoms with Gasteiger partial charge in [-0.1, -0.05) is 17.7 Å². The molecule has 0 aliphatic carbocycles. The van der Waals surface area contributed by atoms with E-state index in [1.54, 1.807) is 25.1 Å². The number of hydrogen-bond acceptors (Lipinski definition) is 4. The first-order chi connectivity index (χ1) is 8.37. The molecule has 0 aliphatic rings. The highest BCUT2D eigenvalue weighted by molar-refractivity contribution is 6.30. The van der Waals surface area contributed by atoms with Gasteiger partial charge in [-0.3, -0.25) is 9.59 Å². The van der Waals surface area contributed by atoms with E-state index in [-0.39, 0.29) is 6.61 Å². The van der Waals surface area contributed by atoms with Gasteiger partial charge < -0.3 is 9.47 Å². The van der Waals surface area contributed by atoms with E-state index >= 15 is 0 Å². The smallest absolute Gasteiger partial charge is 0.328 e. The third-order valence-corrected chi connectivity index (χ3v) is 2.54. The standard InChI is InChI=1S/C13H15ClO4/c1-4-17-11(15)13(2,3)12(16)18-10-7-5-6-9(14)8-10/h5-8H,4H2,1-3H3. The summed E-state index contributed by atoms with van der Waals surface area (Å²) in [5.74, 6) is -0.995. The van der Waals surface area contributed by atoms with Gasteiger partial charge in [-0.05, 0) is 39.0 Å². The molecular weight excluding hydrogens is 256 g/mol. The van der Waals surface area contributed by atoms with E-state index in [0.717, 1.165) is 0 Å². The van der Waals surface area contributed by atoms with Crippen LogP contribution in [0, 0.1) is 5.41 Å². The molecule has 18 heavy (non-hydrogen) atoms. The van der Waals surface area contributed by atoms with Gasteiger partial charge in [0, 0.05) is 5.02 Å². The van der Waals surface area contributed by atoms with Crippen molar-refractivity contribution in [2.24, 2.45) is 5.41 Å². The van der Waals surface area contributed by atoms with Crippen LogP contribution in [0.25, 0.3) is 0 Å². The molecule has 0 atom stereocenters. The Kier molecular flexibility index (Phi) is 4.73. The van der Waals surface area contributed by atoms with E-state index < -0.39 is 17.4 Å². The lowest BCUT2D eigenvalue weighted by molar-refractivity contribution is -0.164. The molecule has 98 valence electrons. The Morgan fingerprint density at radius 2 is 1.94 bits per heavy atom. The quantitative estimate of drug-likeness (QED) is 0.480. The van der Waals surface area contributed by atoms with Crippen molar-refractivity contribution in [2.75, 3.05) is 6.61 Å². The van der Waals surface area contributed by atoms with Gasteiger partial charge in [0.05, 0.1) is 6.61 Å². The summed E-state index contributed by atoms with van der Waals surface area (Å²) in [5, 5.41) is 0.453. The second-order valence-electron chi connectivity index (χ2n) is 4.19. The molecule has 0 radical (unpaired) electrons. The first-order valence-electron chi connectivity index (χ1n) is 5.53. The summed E-state index contributed by atoms with van der Waals surface area (Å²) in [6.07, 6.45) is 0. The molecule has 1 aromatic rings. The predicted octanol–water partition coefficient (Wildman–Crippen LogP) is 2.83. The maximum Gasteiger partial charge on any atom is 0.328 e. The number of benzene rings is 1. The fraction of sp³-hybridized carbons (Fsp3) is 0.385. The monoisotopic (exact) mass is 270 g/mol. The van der Waals surface area contributed by atoms with Crippen molar-refractivity contribution < 1.29 is 19.1 Å². The average Bonchev–Trinajstić information content (AvgIpc) is 2.29. The molecule has 1 aromatic carbocycles. The number of esters is 2. The summed E-state index contributed by atoms with van der Waals surface area (Å²) in [5.41, 5.74) is -1.35. The third-order valence-electron chi connectivity index (χ3n) is 2.30. The molecule has 0 amide bonds. The van der Waals surface area contributed by atoms with Gasteiger partial charge in [0.1, 0.15) is 5.75 Å². The second kappa shape index (κ2) is 5.87. The fourth-order valence-corrected chi connectivity index (χ4v) is 1.34. The summed E-state index contributed by atoms with van der Waals surface area (Å²) in [4.78, 5) is 23.5. The van der Waals surface area contributed by atoms with Crippen LogP contribution in [0.2, 0.25) is 5.02 Å². The Morgan fingerprint density at radius 3 is 2.50 bits per heavy atom. The van der Waals surface area contributed by atoms with Crippen LogP contribution in [-0.4, -0.2) is 18.5 Å². The van der Waals surface area contributed by atoms with Crippen molar-refractivity contribution in [1.82, 2.24) is 0 Å². The van der Waals surface area contributed by atoms with Gasteiger partial charge in [-0.15, -0.1) is 0 Å². The molecule has 0 bridgehead atoms. The highest BCUT2D eigenvalue weighted by Crippen LogP contribution is 2.23. The molecule has 0 aliphatic heterocycles. The molecular formula is C13H15ClO4. The molecule has 0 N–H and O–H groups in total. The minimum absolute atomic E-state index is 0.215. The third kappa shape index (κ3) is 3.47. The van der Waals surface area contributed by atoms with Crippen molar-refractivity contribution in [3.63, 3.8) is 0 Å². The minimum Gasteiger partial charge on any atom is -0.465 e. The van der Waals surface area contributed by atoms with E-state index in [1.165, 1.54) is 19.9 Å². The van der Waals surface area contributed by atoms with Crippen LogP contribution in [0.5, 0.6) is 5.75 Å². The fourth-order valence-electron chi connectivity index (χ4n) is 1.16. The first kappa shape index (κ1) is 14.5. The van der Waals surface area contributed by atoms with Gasteiger partial charge >= 0.3 is 11.9 Å². The molecule has 0 saturated carbocycles. The number of ether oxygens (including phenoxy) is 2. The topological polar surface area (TPSA) is 52.6 Å². The van der Waals surface area contributed by atoms with Crippen molar-refractivity contribution >= 4 is 23.5 Å². The van der Waals surface area contributed by atoms with Gasteiger partial charge in [-0.2, -0.15) is 0 Å². The van der Waals surface area contributed by atoms with Crippen LogP contribution >= 0.6 is 11.6 Å². The van der Waals surface area contributed by atoms with Crippen molar-refractivity contribution in [1.29, 1.82) is 0 Å². The lowest BCUT2D eigenvalue weighted by Gasteiger charge is -2.20. The summed E-state index contributed by atoms with van der Waals surface area (Å²) < 4.78 is 9.93. The van der Waals surface area contributed by atoms with Crippen molar-refractivity contribution in [3.05, 3.63) is 29.3 Å². The minimum atomic E-state index is -1.35. The van der Waals surface area contributed by atoms with Crippen LogP contribution in [0.3, 0.4) is 0 Å². The van der Waals surface area contributed by atoms with Gasteiger partial charge in [0.25, 0.3) is 0 Å². The predicted molar refractivity (Wildman–Crippen MR) is 67.5 cm³/mol. The Labute approximate surface area is 111 Å². The average molecular weight is 271 g/mol. The SMILES string of the molecule is CCOC(=O)C(C)(C)C(=O)Oc1cccc(Cl)c1. The number of hydrogen-bond donors (Lipinski definition) is 0.